The summed E-state index contributed by atoms with van der Waals surface area (Å²) >= 11 is 0. The Balaban J connectivity index is 2.11. The molecule has 0 aliphatic carbocycles. The van der Waals surface area contributed by atoms with Crippen LogP contribution in [0.5, 0.6) is 5.88 Å². The average Bonchev–Trinajstić information content (AvgIpc) is 3.19. The summed E-state index contributed by atoms with van der Waals surface area (Å²) in [5.74, 6) is 12.6. The lowest BCUT2D eigenvalue weighted by atomic mass is 9.90. The first kappa shape index (κ1) is 22.9. The van der Waals surface area contributed by atoms with Crippen molar-refractivity contribution in [2.24, 2.45) is 0 Å². The molecule has 0 N–H and O–H groups in total. The van der Waals surface area contributed by atoms with Crippen LogP contribution in [0.4, 0.5) is 8.63 Å². The summed E-state index contributed by atoms with van der Waals surface area (Å²) < 4.78 is 39.7. The van der Waals surface area contributed by atoms with Gasteiger partial charge < -0.3 is 22.3 Å². The first-order chi connectivity index (χ1) is 14.9. The van der Waals surface area contributed by atoms with E-state index in [9.17, 15) is 0 Å². The average molecular weight is 424 g/mol. The third kappa shape index (κ3) is 4.22. The van der Waals surface area contributed by atoms with Crippen LogP contribution in [0.15, 0.2) is 22.9 Å². The van der Waals surface area contributed by atoms with Crippen molar-refractivity contribution in [2.75, 3.05) is 6.61 Å². The number of hydrogen-bond acceptors (Lipinski definition) is 1. The van der Waals surface area contributed by atoms with Crippen LogP contribution < -0.4 is 4.74 Å². The molecule has 0 fully saturated rings. The smallest absolute Gasteiger partial charge is 0.481 e. The van der Waals surface area contributed by atoms with Crippen LogP contribution in [-0.2, 0) is 0 Å². The molecule has 0 aromatic carbocycles. The number of aromatic nitrogens is 1. The summed E-state index contributed by atoms with van der Waals surface area (Å²) in [5, 5.41) is 0. The van der Waals surface area contributed by atoms with Crippen molar-refractivity contribution in [3.8, 4) is 29.6 Å². The van der Waals surface area contributed by atoms with Gasteiger partial charge in [0.1, 0.15) is 5.71 Å². The third-order valence-corrected chi connectivity index (χ3v) is 5.70. The molecule has 0 amide bonds. The zero-order valence-corrected chi connectivity index (χ0v) is 19.2. The second-order valence-corrected chi connectivity index (χ2v) is 7.98. The van der Waals surface area contributed by atoms with Crippen molar-refractivity contribution >= 4 is 18.8 Å². The molecular weight excluding hydrogens is 393 g/mol. The maximum atomic E-state index is 15.9. The minimum Gasteiger partial charge on any atom is -0.481 e. The molecule has 1 aromatic rings. The normalized spacial score (nSPS) is 16.2. The second-order valence-electron chi connectivity index (χ2n) is 7.98. The van der Waals surface area contributed by atoms with Gasteiger partial charge in [0.15, 0.2) is 11.6 Å². The lowest BCUT2D eigenvalue weighted by Crippen LogP contribution is -2.50. The van der Waals surface area contributed by atoms with Gasteiger partial charge in [-0.15, -0.1) is 0 Å². The van der Waals surface area contributed by atoms with E-state index < -0.39 is 6.97 Å². The van der Waals surface area contributed by atoms with Gasteiger partial charge in [0.2, 0.25) is 0 Å². The summed E-state index contributed by atoms with van der Waals surface area (Å²) in [6.07, 6.45) is 7.43. The van der Waals surface area contributed by atoms with Crippen LogP contribution in [0.1, 0.15) is 84.4 Å². The second kappa shape index (κ2) is 9.61. The fourth-order valence-corrected chi connectivity index (χ4v) is 4.07. The summed E-state index contributed by atoms with van der Waals surface area (Å²) in [6.45, 7) is 5.78. The standard InChI is InChI=1S/C25H31BF2N2O/c1-6-9-11-13-15-21-17-22-18-24-19(4)23(16-14-12-10-7-2)20(5)29(24)26(27,28)30(22)25(21)31-8-3/h17-18H,6-12H2,1-5H3. The zero-order chi connectivity index (χ0) is 22.6. The van der Waals surface area contributed by atoms with Crippen molar-refractivity contribution in [1.29, 1.82) is 0 Å². The Morgan fingerprint density at radius 3 is 2.29 bits per heavy atom. The highest BCUT2D eigenvalue weighted by Crippen LogP contribution is 2.40. The van der Waals surface area contributed by atoms with E-state index in [0.717, 1.165) is 53.1 Å². The van der Waals surface area contributed by atoms with Gasteiger partial charge in [-0.05, 0) is 32.8 Å². The first-order valence-corrected chi connectivity index (χ1v) is 11.3. The zero-order valence-electron chi connectivity index (χ0n) is 19.2. The predicted molar refractivity (Wildman–Crippen MR) is 124 cm³/mol. The van der Waals surface area contributed by atoms with Crippen LogP contribution in [0.25, 0.3) is 6.08 Å². The molecule has 0 spiro atoms. The van der Waals surface area contributed by atoms with Gasteiger partial charge in [-0.25, -0.2) is 0 Å². The molecule has 3 heterocycles. The lowest BCUT2D eigenvalue weighted by molar-refractivity contribution is -0.363. The van der Waals surface area contributed by atoms with Gasteiger partial charge in [-0.2, -0.15) is 0 Å². The number of halogens is 2. The van der Waals surface area contributed by atoms with E-state index in [0.29, 0.717) is 34.8 Å². The number of rotatable bonds is 6. The van der Waals surface area contributed by atoms with Crippen molar-refractivity contribution in [3.05, 3.63) is 34.2 Å². The van der Waals surface area contributed by atoms with E-state index in [2.05, 4.69) is 37.5 Å². The predicted octanol–water partition coefficient (Wildman–Crippen LogP) is 6.00. The van der Waals surface area contributed by atoms with Crippen LogP contribution >= 0.6 is 0 Å². The highest BCUT2D eigenvalue weighted by molar-refractivity contribution is 6.58. The number of hydrogen-bond donors (Lipinski definition) is 0. The molecule has 0 atom stereocenters. The quantitative estimate of drug-likeness (QED) is 0.311. The third-order valence-electron chi connectivity index (χ3n) is 5.70. The van der Waals surface area contributed by atoms with Gasteiger partial charge in [0, 0.05) is 37.1 Å². The van der Waals surface area contributed by atoms with Crippen LogP contribution in [0.3, 0.4) is 0 Å². The Morgan fingerprint density at radius 1 is 1.03 bits per heavy atom. The summed E-state index contributed by atoms with van der Waals surface area (Å²) in [7, 11) is 0. The molecule has 2 aliphatic heterocycles. The van der Waals surface area contributed by atoms with Crippen molar-refractivity contribution in [3.63, 3.8) is 0 Å². The van der Waals surface area contributed by atoms with Crippen LogP contribution in [0.2, 0.25) is 0 Å². The van der Waals surface area contributed by atoms with Gasteiger partial charge >= 0.3 is 6.97 Å². The lowest BCUT2D eigenvalue weighted by Gasteiger charge is -2.30. The van der Waals surface area contributed by atoms with E-state index in [1.54, 1.807) is 26.0 Å². The molecule has 0 saturated carbocycles. The molecule has 0 saturated heterocycles. The number of ether oxygens (including phenoxy) is 1. The topological polar surface area (TPSA) is 17.2 Å². The minimum atomic E-state index is -4.12. The Kier molecular flexibility index (Phi) is 7.11. The van der Waals surface area contributed by atoms with E-state index in [1.807, 2.05) is 6.92 Å². The number of nitrogens with zero attached hydrogens (tertiary/aromatic N) is 2. The summed E-state index contributed by atoms with van der Waals surface area (Å²) in [4.78, 5) is 0. The van der Waals surface area contributed by atoms with E-state index in [1.165, 1.54) is 0 Å². The monoisotopic (exact) mass is 424 g/mol. The van der Waals surface area contributed by atoms with Gasteiger partial charge in [0.25, 0.3) is 0 Å². The van der Waals surface area contributed by atoms with E-state index in [-0.39, 0.29) is 5.88 Å². The summed E-state index contributed by atoms with van der Waals surface area (Å²) in [5.41, 5.74) is 3.45. The van der Waals surface area contributed by atoms with E-state index >= 15 is 8.63 Å². The molecular formula is C25H31BF2N2O. The summed E-state index contributed by atoms with van der Waals surface area (Å²) in [6, 6.07) is 1.72. The minimum absolute atomic E-state index is 0.148. The fourth-order valence-electron chi connectivity index (χ4n) is 4.07. The molecule has 31 heavy (non-hydrogen) atoms. The number of fused-ring (bicyclic) bond motifs is 2. The van der Waals surface area contributed by atoms with Crippen LogP contribution in [0, 0.1) is 23.7 Å². The Labute approximate surface area is 184 Å². The van der Waals surface area contributed by atoms with Crippen molar-refractivity contribution < 1.29 is 17.9 Å². The largest absolute Gasteiger partial charge is 0.739 e. The number of allylic oxidation sites excluding steroid dienone is 2. The molecule has 0 bridgehead atoms. The van der Waals surface area contributed by atoms with Crippen molar-refractivity contribution in [2.45, 2.75) is 73.1 Å². The highest BCUT2D eigenvalue weighted by atomic mass is 19.2. The molecule has 3 rings (SSSR count). The van der Waals surface area contributed by atoms with Crippen molar-refractivity contribution in [1.82, 2.24) is 4.48 Å². The fraction of sp³-hybridized carbons (Fsp3) is 0.480. The highest BCUT2D eigenvalue weighted by Gasteiger charge is 2.55. The SMILES string of the molecule is CCCCC#CC1=C(C)C2=Cc3cc(C#CCCCC)c(OCC)n3[B-](F)(F)[N+]2=C1C. The molecule has 6 heteroatoms. The Morgan fingerprint density at radius 2 is 1.68 bits per heavy atom. The van der Waals surface area contributed by atoms with E-state index in [4.69, 9.17) is 4.74 Å². The molecule has 1 aromatic heterocycles. The number of unbranched alkanes of at least 4 members (excludes halogenated alkanes) is 4. The maximum absolute atomic E-state index is 15.9. The van der Waals surface area contributed by atoms with Crippen LogP contribution in [-0.4, -0.2) is 28.3 Å². The Hall–Kier alpha value is -2.73. The molecule has 2 aliphatic rings. The van der Waals surface area contributed by atoms with Gasteiger partial charge in [-0.1, -0.05) is 50.4 Å². The Bertz CT molecular complexity index is 1080. The molecule has 164 valence electrons. The first-order valence-electron chi connectivity index (χ1n) is 11.3. The maximum Gasteiger partial charge on any atom is 0.739 e. The molecule has 3 nitrogen and oxygen atoms in total. The van der Waals surface area contributed by atoms with Gasteiger partial charge in [0.05, 0.1) is 17.7 Å². The molecule has 0 radical (unpaired) electrons. The molecule has 0 unspecified atom stereocenters. The van der Waals surface area contributed by atoms with Gasteiger partial charge in [-0.3, -0.25) is 0 Å².